The number of imidazole rings is 1. The van der Waals surface area contributed by atoms with Gasteiger partial charge in [-0.25, -0.2) is 9.37 Å². The van der Waals surface area contributed by atoms with E-state index < -0.39 is 5.82 Å². The molecule has 0 saturated carbocycles. The molecule has 0 fully saturated rings. The van der Waals surface area contributed by atoms with E-state index in [2.05, 4.69) is 16.0 Å². The minimum atomic E-state index is -0.435. The van der Waals surface area contributed by atoms with Crippen LogP contribution in [-0.4, -0.2) is 17.1 Å². The number of nitrogens with zero attached hydrogens (tertiary/aromatic N) is 2. The molecular weight excluding hydrogens is 417 g/mol. The Morgan fingerprint density at radius 3 is 2.74 bits per heavy atom. The lowest BCUT2D eigenvalue weighted by Crippen LogP contribution is -2.01. The van der Waals surface area contributed by atoms with Crippen molar-refractivity contribution in [3.63, 3.8) is 0 Å². The van der Waals surface area contributed by atoms with Crippen LogP contribution in [0.5, 0.6) is 11.5 Å². The summed E-state index contributed by atoms with van der Waals surface area (Å²) in [4.78, 5) is 7.62. The number of allylic oxidation sites excluding steroid dienone is 1. The molecule has 3 aromatic carbocycles. The van der Waals surface area contributed by atoms with Crippen molar-refractivity contribution in [2.75, 3.05) is 7.11 Å². The molecule has 0 radical (unpaired) electrons. The molecule has 4 rings (SSSR count). The number of nitrogens with one attached hydrogen (secondary N) is 1. The van der Waals surface area contributed by atoms with Crippen LogP contribution in [-0.2, 0) is 6.61 Å². The Morgan fingerprint density at radius 1 is 1.16 bits per heavy atom. The molecule has 0 aliphatic heterocycles. The van der Waals surface area contributed by atoms with Crippen molar-refractivity contribution in [1.82, 2.24) is 9.97 Å². The molecule has 0 saturated heterocycles. The smallest absolute Gasteiger partial charge is 0.161 e. The summed E-state index contributed by atoms with van der Waals surface area (Å²) >= 11 is 6.06. The number of hydrogen-bond donors (Lipinski definition) is 1. The van der Waals surface area contributed by atoms with Gasteiger partial charge in [-0.1, -0.05) is 35.9 Å². The predicted octanol–water partition coefficient (Wildman–Crippen LogP) is 6.01. The number of rotatable bonds is 6. The first-order valence-electron chi connectivity index (χ1n) is 9.39. The summed E-state index contributed by atoms with van der Waals surface area (Å²) in [6.45, 7) is -0.0422. The van der Waals surface area contributed by atoms with E-state index in [1.54, 1.807) is 30.3 Å². The second kappa shape index (κ2) is 8.90. The number of nitriles is 1. The highest BCUT2D eigenvalue weighted by atomic mass is 35.5. The molecule has 1 N–H and O–H groups in total. The molecular formula is C24H17ClFN3O2. The van der Waals surface area contributed by atoms with Gasteiger partial charge in [-0.2, -0.15) is 5.26 Å². The van der Waals surface area contributed by atoms with Crippen LogP contribution in [0.4, 0.5) is 4.39 Å². The molecule has 0 amide bonds. The number of hydrogen-bond acceptors (Lipinski definition) is 4. The first-order chi connectivity index (χ1) is 15.1. The minimum Gasteiger partial charge on any atom is -0.493 e. The number of aromatic nitrogens is 2. The molecule has 0 spiro atoms. The molecule has 1 heterocycles. The Kier molecular flexibility index (Phi) is 5.87. The molecule has 1 aromatic heterocycles. The van der Waals surface area contributed by atoms with Gasteiger partial charge >= 0.3 is 0 Å². The van der Waals surface area contributed by atoms with Gasteiger partial charge in [0, 0.05) is 5.56 Å². The van der Waals surface area contributed by atoms with Crippen LogP contribution in [0.15, 0.2) is 60.7 Å². The average Bonchev–Trinajstić information content (AvgIpc) is 3.21. The average molecular weight is 434 g/mol. The highest BCUT2D eigenvalue weighted by Crippen LogP contribution is 2.31. The van der Waals surface area contributed by atoms with Crippen LogP contribution in [0.25, 0.3) is 22.7 Å². The lowest BCUT2D eigenvalue weighted by molar-refractivity contribution is 0.280. The zero-order chi connectivity index (χ0) is 21.8. The Labute approximate surface area is 183 Å². The number of halogens is 2. The normalized spacial score (nSPS) is 11.4. The standard InChI is InChI=1S/C24H17ClFN3O2/c1-30-23-12-15(9-10-22(23)31-14-17-18(25)5-4-6-19(17)26)11-16(13-27)24-28-20-7-2-3-8-21(20)29-24/h2-12H,14H2,1H3,(H,28,29). The first-order valence-corrected chi connectivity index (χ1v) is 9.77. The van der Waals surface area contributed by atoms with Gasteiger partial charge in [-0.15, -0.1) is 0 Å². The van der Waals surface area contributed by atoms with Crippen molar-refractivity contribution in [3.05, 3.63) is 88.5 Å². The van der Waals surface area contributed by atoms with Crippen LogP contribution >= 0.6 is 11.6 Å². The fourth-order valence-corrected chi connectivity index (χ4v) is 3.33. The van der Waals surface area contributed by atoms with E-state index in [4.69, 9.17) is 21.1 Å². The number of para-hydroxylation sites is 2. The highest BCUT2D eigenvalue weighted by molar-refractivity contribution is 6.31. The lowest BCUT2D eigenvalue weighted by Gasteiger charge is -2.12. The van der Waals surface area contributed by atoms with Crippen LogP contribution in [0.2, 0.25) is 5.02 Å². The molecule has 154 valence electrons. The van der Waals surface area contributed by atoms with E-state index in [0.717, 1.165) is 16.6 Å². The minimum absolute atomic E-state index is 0.0422. The van der Waals surface area contributed by atoms with Gasteiger partial charge in [0.1, 0.15) is 24.3 Å². The summed E-state index contributed by atoms with van der Waals surface area (Å²) in [6, 6.07) is 19.4. The summed E-state index contributed by atoms with van der Waals surface area (Å²) in [5.41, 5.74) is 3.01. The topological polar surface area (TPSA) is 70.9 Å². The maximum atomic E-state index is 14.0. The number of ether oxygens (including phenoxy) is 2. The third-order valence-electron chi connectivity index (χ3n) is 4.70. The van der Waals surface area contributed by atoms with Gasteiger partial charge < -0.3 is 14.5 Å². The van der Waals surface area contributed by atoms with Crippen molar-refractivity contribution in [2.45, 2.75) is 6.61 Å². The quantitative estimate of drug-likeness (QED) is 0.378. The van der Waals surface area contributed by atoms with Gasteiger partial charge in [0.25, 0.3) is 0 Å². The van der Waals surface area contributed by atoms with Gasteiger partial charge in [0.15, 0.2) is 11.5 Å². The number of fused-ring (bicyclic) bond motifs is 1. The fraction of sp³-hybridized carbons (Fsp3) is 0.0833. The maximum Gasteiger partial charge on any atom is 0.161 e. The molecule has 7 heteroatoms. The first kappa shape index (κ1) is 20.5. The Balaban J connectivity index is 1.60. The molecule has 0 atom stereocenters. The third kappa shape index (κ3) is 4.37. The van der Waals surface area contributed by atoms with Gasteiger partial charge in [0.05, 0.1) is 28.7 Å². The number of H-pyrrole nitrogens is 1. The molecule has 5 nitrogen and oxygen atoms in total. The zero-order valence-electron chi connectivity index (χ0n) is 16.5. The summed E-state index contributed by atoms with van der Waals surface area (Å²) < 4.78 is 25.1. The highest BCUT2D eigenvalue weighted by Gasteiger charge is 2.12. The van der Waals surface area contributed by atoms with E-state index in [1.807, 2.05) is 24.3 Å². The van der Waals surface area contributed by atoms with E-state index in [1.165, 1.54) is 19.2 Å². The van der Waals surface area contributed by atoms with Gasteiger partial charge in [-0.05, 0) is 48.0 Å². The van der Waals surface area contributed by atoms with Crippen molar-refractivity contribution < 1.29 is 13.9 Å². The Bertz CT molecular complexity index is 1270. The van der Waals surface area contributed by atoms with E-state index in [9.17, 15) is 9.65 Å². The summed E-state index contributed by atoms with van der Waals surface area (Å²) in [5.74, 6) is 0.928. The van der Waals surface area contributed by atoms with Crippen LogP contribution in [0.1, 0.15) is 17.0 Å². The molecule has 31 heavy (non-hydrogen) atoms. The monoisotopic (exact) mass is 433 g/mol. The lowest BCUT2D eigenvalue weighted by atomic mass is 10.1. The summed E-state index contributed by atoms with van der Waals surface area (Å²) in [5, 5.41) is 9.92. The van der Waals surface area contributed by atoms with Crippen LogP contribution in [0.3, 0.4) is 0 Å². The van der Waals surface area contributed by atoms with Crippen molar-refractivity contribution >= 4 is 34.3 Å². The molecule has 4 aromatic rings. The van der Waals surface area contributed by atoms with Gasteiger partial charge in [-0.3, -0.25) is 0 Å². The second-order valence-corrected chi connectivity index (χ2v) is 7.08. The number of methoxy groups -OCH3 is 1. The van der Waals surface area contributed by atoms with E-state index >= 15 is 0 Å². The van der Waals surface area contributed by atoms with Gasteiger partial charge in [0.2, 0.25) is 0 Å². The number of benzene rings is 3. The van der Waals surface area contributed by atoms with Crippen LogP contribution < -0.4 is 9.47 Å². The SMILES string of the molecule is COc1cc(C=C(C#N)c2nc3ccccc3[nH]2)ccc1OCc1c(F)cccc1Cl. The van der Waals surface area contributed by atoms with Crippen molar-refractivity contribution in [2.24, 2.45) is 0 Å². The maximum absolute atomic E-state index is 14.0. The van der Waals surface area contributed by atoms with Crippen LogP contribution in [0, 0.1) is 17.1 Å². The fourth-order valence-electron chi connectivity index (χ4n) is 3.11. The molecule has 0 unspecified atom stereocenters. The zero-order valence-corrected chi connectivity index (χ0v) is 17.3. The molecule has 0 bridgehead atoms. The van der Waals surface area contributed by atoms with E-state index in [-0.39, 0.29) is 12.2 Å². The summed E-state index contributed by atoms with van der Waals surface area (Å²) in [6.07, 6.45) is 1.71. The number of aromatic amines is 1. The molecule has 0 aliphatic carbocycles. The Hall–Kier alpha value is -3.82. The van der Waals surface area contributed by atoms with Crippen molar-refractivity contribution in [3.8, 4) is 17.6 Å². The predicted molar refractivity (Wildman–Crippen MR) is 118 cm³/mol. The second-order valence-electron chi connectivity index (χ2n) is 6.67. The summed E-state index contributed by atoms with van der Waals surface area (Å²) in [7, 11) is 1.51. The largest absolute Gasteiger partial charge is 0.493 e. The molecule has 0 aliphatic rings. The Morgan fingerprint density at radius 2 is 2.00 bits per heavy atom. The third-order valence-corrected chi connectivity index (χ3v) is 5.05. The van der Waals surface area contributed by atoms with Crippen molar-refractivity contribution in [1.29, 1.82) is 5.26 Å². The van der Waals surface area contributed by atoms with E-state index in [0.29, 0.717) is 27.9 Å².